The van der Waals surface area contributed by atoms with Crippen molar-refractivity contribution in [2.24, 2.45) is 10.2 Å². The Bertz CT molecular complexity index is 1140. The Morgan fingerprint density at radius 3 is 2.27 bits per heavy atom. The Morgan fingerprint density at radius 2 is 1.57 bits per heavy atom. The van der Waals surface area contributed by atoms with Crippen LogP contribution >= 0.6 is 39.3 Å². The molecule has 30 heavy (non-hydrogen) atoms. The summed E-state index contributed by atoms with van der Waals surface area (Å²) in [5, 5.41) is 9.68. The van der Waals surface area contributed by atoms with E-state index in [1.54, 1.807) is 23.2 Å². The smallest absolute Gasteiger partial charge is 0.268 e. The molecule has 0 spiro atoms. The molecule has 1 amide bonds. The molecule has 1 aliphatic heterocycles. The van der Waals surface area contributed by atoms with E-state index in [-0.39, 0.29) is 5.91 Å². The minimum absolute atomic E-state index is 0.130. The first-order chi connectivity index (χ1) is 14.6. The lowest BCUT2D eigenvalue weighted by atomic mass is 10.2. The largest absolute Gasteiger partial charge is 0.271 e. The zero-order chi connectivity index (χ0) is 20.9. The molecule has 0 N–H and O–H groups in total. The fraction of sp³-hybridized carbons (Fsp3) is 0. The van der Waals surface area contributed by atoms with Crippen LogP contribution in [0, 0.1) is 0 Å². The van der Waals surface area contributed by atoms with Gasteiger partial charge in [0.25, 0.3) is 5.91 Å². The summed E-state index contributed by atoms with van der Waals surface area (Å²) < 4.78 is 0.986. The lowest BCUT2D eigenvalue weighted by molar-refractivity contribution is -0.113. The maximum Gasteiger partial charge on any atom is 0.271 e. The lowest BCUT2D eigenvalue weighted by Gasteiger charge is -2.14. The van der Waals surface area contributed by atoms with Gasteiger partial charge < -0.3 is 0 Å². The van der Waals surface area contributed by atoms with E-state index in [1.807, 2.05) is 72.8 Å². The third-order valence-corrected chi connectivity index (χ3v) is 5.95. The first-order valence-electron chi connectivity index (χ1n) is 9.01. The number of rotatable bonds is 4. The molecule has 0 bridgehead atoms. The number of hydrogen-bond acceptors (Lipinski definition) is 4. The van der Waals surface area contributed by atoms with Crippen molar-refractivity contribution in [3.8, 4) is 0 Å². The first-order valence-corrected chi connectivity index (χ1v) is 11.0. The predicted molar refractivity (Wildman–Crippen MR) is 130 cm³/mol. The van der Waals surface area contributed by atoms with E-state index in [2.05, 4.69) is 26.1 Å². The van der Waals surface area contributed by atoms with Gasteiger partial charge in [-0.25, -0.2) is 0 Å². The summed E-state index contributed by atoms with van der Waals surface area (Å²) in [4.78, 5) is 15.3. The van der Waals surface area contributed by atoms with Gasteiger partial charge in [-0.3, -0.25) is 9.69 Å². The van der Waals surface area contributed by atoms with Gasteiger partial charge in [0.1, 0.15) is 0 Å². The Morgan fingerprint density at radius 1 is 0.900 bits per heavy atom. The number of amidine groups is 1. The van der Waals surface area contributed by atoms with E-state index in [0.29, 0.717) is 15.1 Å². The van der Waals surface area contributed by atoms with Crippen LogP contribution in [0.2, 0.25) is 5.02 Å². The van der Waals surface area contributed by atoms with Crippen molar-refractivity contribution in [3.63, 3.8) is 0 Å². The highest BCUT2D eigenvalue weighted by atomic mass is 79.9. The molecule has 148 valence electrons. The molecule has 0 radical (unpaired) electrons. The summed E-state index contributed by atoms with van der Waals surface area (Å²) in [6.07, 6.45) is 3.49. The average Bonchev–Trinajstić information content (AvgIpc) is 3.07. The van der Waals surface area contributed by atoms with E-state index in [1.165, 1.54) is 11.8 Å². The van der Waals surface area contributed by atoms with Gasteiger partial charge in [0.2, 0.25) is 5.17 Å². The molecule has 3 aromatic rings. The van der Waals surface area contributed by atoms with Crippen LogP contribution < -0.4 is 4.90 Å². The molecule has 1 heterocycles. The molecule has 0 aromatic heterocycles. The van der Waals surface area contributed by atoms with Gasteiger partial charge in [0.05, 0.1) is 16.8 Å². The second kappa shape index (κ2) is 9.43. The van der Waals surface area contributed by atoms with E-state index >= 15 is 0 Å². The normalized spacial score (nSPS) is 16.9. The Kier molecular flexibility index (Phi) is 6.47. The highest BCUT2D eigenvalue weighted by Gasteiger charge is 2.34. The summed E-state index contributed by atoms with van der Waals surface area (Å²) in [6, 6.07) is 24.5. The molecule has 1 fully saturated rings. The maximum atomic E-state index is 13.1. The highest BCUT2D eigenvalue weighted by molar-refractivity contribution is 9.10. The number of para-hydroxylation sites is 1. The van der Waals surface area contributed by atoms with E-state index in [9.17, 15) is 4.79 Å². The maximum absolute atomic E-state index is 13.1. The molecule has 7 heteroatoms. The summed E-state index contributed by atoms with van der Waals surface area (Å²) in [6.45, 7) is 0. The van der Waals surface area contributed by atoms with Crippen molar-refractivity contribution in [1.82, 2.24) is 0 Å². The van der Waals surface area contributed by atoms with Crippen LogP contribution in [0.15, 0.2) is 98.4 Å². The average molecular weight is 497 g/mol. The molecular formula is C23H15BrClN3OS. The number of hydrogen-bond donors (Lipinski definition) is 0. The van der Waals surface area contributed by atoms with Crippen molar-refractivity contribution in [2.75, 3.05) is 4.90 Å². The fourth-order valence-electron chi connectivity index (χ4n) is 2.75. The topological polar surface area (TPSA) is 45.0 Å². The quantitative estimate of drug-likeness (QED) is 0.232. The van der Waals surface area contributed by atoms with Crippen LogP contribution in [0.25, 0.3) is 6.08 Å². The molecule has 1 saturated heterocycles. The van der Waals surface area contributed by atoms with Crippen molar-refractivity contribution >= 4 is 68.3 Å². The number of benzene rings is 3. The number of nitrogens with zero attached hydrogens (tertiary/aromatic N) is 3. The van der Waals surface area contributed by atoms with Crippen LogP contribution in [0.5, 0.6) is 0 Å². The minimum atomic E-state index is -0.130. The number of anilines is 1. The van der Waals surface area contributed by atoms with Crippen molar-refractivity contribution in [1.29, 1.82) is 0 Å². The molecule has 4 rings (SSSR count). The molecule has 0 saturated carbocycles. The predicted octanol–water partition coefficient (Wildman–Crippen LogP) is 6.61. The first kappa shape index (κ1) is 20.6. The van der Waals surface area contributed by atoms with Gasteiger partial charge in [-0.2, -0.15) is 5.10 Å². The summed E-state index contributed by atoms with van der Waals surface area (Å²) in [5.41, 5.74) is 2.55. The molecule has 0 aliphatic carbocycles. The second-order valence-electron chi connectivity index (χ2n) is 6.32. The van der Waals surface area contributed by atoms with Gasteiger partial charge >= 0.3 is 0 Å². The molecule has 3 aromatic carbocycles. The Balaban J connectivity index is 1.66. The highest BCUT2D eigenvalue weighted by Crippen LogP contribution is 2.36. The van der Waals surface area contributed by atoms with Crippen LogP contribution in [0.3, 0.4) is 0 Å². The lowest BCUT2D eigenvalue weighted by Crippen LogP contribution is -2.28. The van der Waals surface area contributed by atoms with Crippen molar-refractivity contribution < 1.29 is 4.79 Å². The van der Waals surface area contributed by atoms with Gasteiger partial charge in [-0.05, 0) is 65.4 Å². The zero-order valence-corrected chi connectivity index (χ0v) is 18.7. The van der Waals surface area contributed by atoms with Crippen LogP contribution in [0.1, 0.15) is 11.1 Å². The minimum Gasteiger partial charge on any atom is -0.268 e. The number of carbonyl (C=O) groups is 1. The van der Waals surface area contributed by atoms with E-state index < -0.39 is 0 Å². The van der Waals surface area contributed by atoms with Crippen molar-refractivity contribution in [3.05, 3.63) is 104 Å². The summed E-state index contributed by atoms with van der Waals surface area (Å²) in [5.74, 6) is -0.130. The third kappa shape index (κ3) is 4.90. The van der Waals surface area contributed by atoms with Crippen LogP contribution in [-0.4, -0.2) is 17.3 Å². The monoisotopic (exact) mass is 495 g/mol. The van der Waals surface area contributed by atoms with Crippen LogP contribution in [-0.2, 0) is 4.79 Å². The van der Waals surface area contributed by atoms with Gasteiger partial charge in [0.15, 0.2) is 0 Å². The molecular weight excluding hydrogens is 482 g/mol. The standard InChI is InChI=1S/C23H15BrClN3OS/c24-18-10-6-16(7-11-18)14-21-22(29)28(20-4-2-1-3-5-20)23(30-21)27-26-15-17-8-12-19(25)13-9-17/h1-15H/b21-14-,26-15+,27-23-. The molecule has 1 aliphatic rings. The molecule has 0 unspecified atom stereocenters. The SMILES string of the molecule is O=C1/C(=C/c2ccc(Br)cc2)S/C(=N\N=C\c2ccc(Cl)cc2)N1c1ccccc1. The number of carbonyl (C=O) groups excluding carboxylic acids is 1. The third-order valence-electron chi connectivity index (χ3n) is 4.21. The Labute approximate surface area is 192 Å². The van der Waals surface area contributed by atoms with Gasteiger partial charge in [-0.1, -0.05) is 70.0 Å². The van der Waals surface area contributed by atoms with E-state index in [4.69, 9.17) is 11.6 Å². The summed E-state index contributed by atoms with van der Waals surface area (Å²) in [7, 11) is 0. The summed E-state index contributed by atoms with van der Waals surface area (Å²) >= 11 is 10.6. The number of halogens is 2. The number of amides is 1. The molecule has 0 atom stereocenters. The molecule has 4 nitrogen and oxygen atoms in total. The number of thioether (sulfide) groups is 1. The van der Waals surface area contributed by atoms with Crippen molar-refractivity contribution in [2.45, 2.75) is 0 Å². The zero-order valence-electron chi connectivity index (χ0n) is 15.6. The fourth-order valence-corrected chi connectivity index (χ4v) is 4.08. The Hall–Kier alpha value is -2.67. The second-order valence-corrected chi connectivity index (χ2v) is 8.68. The van der Waals surface area contributed by atoms with Gasteiger partial charge in [0, 0.05) is 9.50 Å². The van der Waals surface area contributed by atoms with Crippen LogP contribution in [0.4, 0.5) is 5.69 Å². The van der Waals surface area contributed by atoms with E-state index in [0.717, 1.165) is 21.3 Å². The van der Waals surface area contributed by atoms with Gasteiger partial charge in [-0.15, -0.1) is 5.10 Å².